The predicted molar refractivity (Wildman–Crippen MR) is 140 cm³/mol. The topological polar surface area (TPSA) is 80.8 Å². The minimum absolute atomic E-state index is 0.0423. The number of hydrogen-bond acceptors (Lipinski definition) is 5. The molecule has 7 nitrogen and oxygen atoms in total. The molecule has 36 heavy (non-hydrogen) atoms. The van der Waals surface area contributed by atoms with E-state index in [0.717, 1.165) is 35.5 Å². The maximum Gasteiger partial charge on any atom is 0.257 e. The van der Waals surface area contributed by atoms with E-state index in [1.807, 2.05) is 56.0 Å². The first-order chi connectivity index (χ1) is 17.3. The number of aromatic nitrogens is 1. The van der Waals surface area contributed by atoms with Crippen molar-refractivity contribution in [1.29, 1.82) is 0 Å². The molecule has 0 aliphatic carbocycles. The lowest BCUT2D eigenvalue weighted by atomic mass is 9.89. The molecule has 0 unspecified atom stereocenters. The van der Waals surface area contributed by atoms with E-state index >= 15 is 0 Å². The molecule has 1 fully saturated rings. The number of likely N-dealkylation sites (tertiary alicyclic amines) is 1. The van der Waals surface area contributed by atoms with Crippen LogP contribution in [-0.4, -0.2) is 49.0 Å². The van der Waals surface area contributed by atoms with Crippen LogP contribution in [0.5, 0.6) is 11.5 Å². The number of rotatable bonds is 6. The third-order valence-corrected chi connectivity index (χ3v) is 6.87. The lowest BCUT2D eigenvalue weighted by Crippen LogP contribution is -2.38. The highest BCUT2D eigenvalue weighted by Crippen LogP contribution is 2.32. The van der Waals surface area contributed by atoms with Gasteiger partial charge in [-0.3, -0.25) is 14.6 Å². The second-order valence-corrected chi connectivity index (χ2v) is 9.27. The van der Waals surface area contributed by atoms with Crippen molar-refractivity contribution in [3.63, 3.8) is 0 Å². The number of hydrogen-bond donors (Lipinski definition) is 1. The van der Waals surface area contributed by atoms with Crippen molar-refractivity contribution in [2.75, 3.05) is 32.6 Å². The normalized spacial score (nSPS) is 13.9. The summed E-state index contributed by atoms with van der Waals surface area (Å²) >= 11 is 0. The summed E-state index contributed by atoms with van der Waals surface area (Å²) in [6, 6.07) is 14.8. The number of piperidine rings is 1. The zero-order valence-electron chi connectivity index (χ0n) is 21.6. The molecule has 4 rings (SSSR count). The van der Waals surface area contributed by atoms with E-state index in [1.54, 1.807) is 32.4 Å². The molecule has 0 spiro atoms. The quantitative estimate of drug-likeness (QED) is 0.511. The number of pyridine rings is 1. The fraction of sp³-hybridized carbons (Fsp3) is 0.345. The van der Waals surface area contributed by atoms with Gasteiger partial charge in [0, 0.05) is 36.0 Å². The zero-order chi connectivity index (χ0) is 25.8. The fourth-order valence-corrected chi connectivity index (χ4v) is 4.61. The Kier molecular flexibility index (Phi) is 7.58. The number of amides is 2. The third kappa shape index (κ3) is 5.35. The number of benzene rings is 2. The van der Waals surface area contributed by atoms with E-state index in [4.69, 9.17) is 14.5 Å². The van der Waals surface area contributed by atoms with Crippen molar-refractivity contribution < 1.29 is 19.1 Å². The third-order valence-electron chi connectivity index (χ3n) is 6.87. The van der Waals surface area contributed by atoms with Crippen molar-refractivity contribution in [2.45, 2.75) is 39.5 Å². The van der Waals surface area contributed by atoms with E-state index in [1.165, 1.54) is 5.56 Å². The largest absolute Gasteiger partial charge is 0.493 e. The number of nitrogens with zero attached hydrogens (tertiary/aromatic N) is 2. The average molecular weight is 488 g/mol. The molecule has 0 saturated carbocycles. The van der Waals surface area contributed by atoms with Gasteiger partial charge in [-0.05, 0) is 87.2 Å². The molecule has 2 amide bonds. The highest BCUT2D eigenvalue weighted by Gasteiger charge is 2.29. The van der Waals surface area contributed by atoms with Crippen molar-refractivity contribution in [1.82, 2.24) is 9.88 Å². The Morgan fingerprint density at radius 3 is 2.28 bits per heavy atom. The maximum atomic E-state index is 13.2. The Hall–Kier alpha value is -3.87. The first-order valence-electron chi connectivity index (χ1n) is 12.2. The minimum atomic E-state index is -0.162. The molecule has 2 aromatic carbocycles. The van der Waals surface area contributed by atoms with Gasteiger partial charge in [-0.2, -0.15) is 0 Å². The van der Waals surface area contributed by atoms with Gasteiger partial charge in [0.25, 0.3) is 11.8 Å². The molecule has 0 bridgehead atoms. The number of aryl methyl sites for hydroxylation is 3. The van der Waals surface area contributed by atoms with Crippen LogP contribution in [0.3, 0.4) is 0 Å². The van der Waals surface area contributed by atoms with Crippen LogP contribution in [0.25, 0.3) is 0 Å². The van der Waals surface area contributed by atoms with Crippen molar-refractivity contribution in [3.05, 3.63) is 82.2 Å². The van der Waals surface area contributed by atoms with Gasteiger partial charge < -0.3 is 19.7 Å². The van der Waals surface area contributed by atoms with Crippen LogP contribution < -0.4 is 14.8 Å². The smallest absolute Gasteiger partial charge is 0.257 e. The first-order valence-corrected chi connectivity index (χ1v) is 12.2. The van der Waals surface area contributed by atoms with Gasteiger partial charge in [-0.25, -0.2) is 0 Å². The van der Waals surface area contributed by atoms with Crippen LogP contribution in [0.2, 0.25) is 0 Å². The Morgan fingerprint density at radius 1 is 0.889 bits per heavy atom. The summed E-state index contributed by atoms with van der Waals surface area (Å²) in [5.74, 6) is 1.01. The van der Waals surface area contributed by atoms with Gasteiger partial charge in [0.1, 0.15) is 0 Å². The molecule has 1 aliphatic rings. The SMILES string of the molecule is COc1ccc(C(=O)N2CCC(c3nc(C)ccc3C(=O)Nc3ccc(C)c(C)c3)CC2)cc1OC. The van der Waals surface area contributed by atoms with Crippen molar-refractivity contribution in [3.8, 4) is 11.5 Å². The number of nitrogens with one attached hydrogen (secondary N) is 1. The summed E-state index contributed by atoms with van der Waals surface area (Å²) in [6.07, 6.45) is 1.47. The van der Waals surface area contributed by atoms with Crippen LogP contribution in [0.1, 0.15) is 62.0 Å². The summed E-state index contributed by atoms with van der Waals surface area (Å²) in [5, 5.41) is 3.03. The van der Waals surface area contributed by atoms with E-state index in [-0.39, 0.29) is 17.7 Å². The molecule has 1 N–H and O–H groups in total. The Bertz CT molecular complexity index is 1280. The van der Waals surface area contributed by atoms with Crippen LogP contribution in [0, 0.1) is 20.8 Å². The van der Waals surface area contributed by atoms with E-state index in [9.17, 15) is 9.59 Å². The van der Waals surface area contributed by atoms with E-state index in [0.29, 0.717) is 35.7 Å². The molecule has 1 aromatic heterocycles. The number of ether oxygens (including phenoxy) is 2. The fourth-order valence-electron chi connectivity index (χ4n) is 4.61. The predicted octanol–water partition coefficient (Wildman–Crippen LogP) is 5.30. The van der Waals surface area contributed by atoms with Gasteiger partial charge in [0.2, 0.25) is 0 Å². The summed E-state index contributed by atoms with van der Waals surface area (Å²) < 4.78 is 10.6. The summed E-state index contributed by atoms with van der Waals surface area (Å²) in [7, 11) is 3.12. The van der Waals surface area contributed by atoms with E-state index < -0.39 is 0 Å². The van der Waals surface area contributed by atoms with Gasteiger partial charge in [0.05, 0.1) is 25.5 Å². The lowest BCUT2D eigenvalue weighted by Gasteiger charge is -2.32. The van der Waals surface area contributed by atoms with Crippen molar-refractivity contribution in [2.24, 2.45) is 0 Å². The number of carbonyl (C=O) groups excluding carboxylic acids is 2. The Morgan fingerprint density at radius 2 is 1.61 bits per heavy atom. The summed E-state index contributed by atoms with van der Waals surface area (Å²) in [6.45, 7) is 7.19. The molecular weight excluding hydrogens is 454 g/mol. The number of anilines is 1. The monoisotopic (exact) mass is 487 g/mol. The molecule has 0 atom stereocenters. The van der Waals surface area contributed by atoms with Crippen LogP contribution in [-0.2, 0) is 0 Å². The molecule has 188 valence electrons. The van der Waals surface area contributed by atoms with E-state index in [2.05, 4.69) is 5.32 Å². The van der Waals surface area contributed by atoms with Gasteiger partial charge >= 0.3 is 0 Å². The van der Waals surface area contributed by atoms with Gasteiger partial charge in [0.15, 0.2) is 11.5 Å². The molecule has 0 radical (unpaired) electrons. The standard InChI is InChI=1S/C29H33N3O4/c1-18-6-9-23(16-19(18)2)31-28(33)24-10-7-20(3)30-27(24)21-12-14-32(15-13-21)29(34)22-8-11-25(35-4)26(17-22)36-5/h6-11,16-17,21H,12-15H2,1-5H3,(H,31,33). The highest BCUT2D eigenvalue weighted by molar-refractivity contribution is 6.05. The average Bonchev–Trinajstić information content (AvgIpc) is 2.90. The van der Waals surface area contributed by atoms with Crippen LogP contribution >= 0.6 is 0 Å². The first kappa shape index (κ1) is 25.2. The summed E-state index contributed by atoms with van der Waals surface area (Å²) in [4.78, 5) is 33.0. The molecule has 7 heteroatoms. The van der Waals surface area contributed by atoms with Crippen molar-refractivity contribution >= 4 is 17.5 Å². The highest BCUT2D eigenvalue weighted by atomic mass is 16.5. The van der Waals surface area contributed by atoms with Crippen LogP contribution in [0.15, 0.2) is 48.5 Å². The summed E-state index contributed by atoms with van der Waals surface area (Å²) in [5.41, 5.74) is 5.90. The number of methoxy groups -OCH3 is 2. The van der Waals surface area contributed by atoms with Gasteiger partial charge in [-0.15, -0.1) is 0 Å². The molecule has 1 aliphatic heterocycles. The second kappa shape index (κ2) is 10.8. The Labute approximate surface area is 212 Å². The number of carbonyl (C=O) groups is 2. The van der Waals surface area contributed by atoms with Gasteiger partial charge in [-0.1, -0.05) is 6.07 Å². The second-order valence-electron chi connectivity index (χ2n) is 9.27. The molecule has 1 saturated heterocycles. The minimum Gasteiger partial charge on any atom is -0.493 e. The lowest BCUT2D eigenvalue weighted by molar-refractivity contribution is 0.0710. The molecular formula is C29H33N3O4. The van der Waals surface area contributed by atoms with Crippen LogP contribution in [0.4, 0.5) is 5.69 Å². The molecule has 3 aromatic rings. The Balaban J connectivity index is 1.48. The zero-order valence-corrected chi connectivity index (χ0v) is 21.6. The maximum absolute atomic E-state index is 13.2. The molecule has 2 heterocycles.